The fraction of sp³-hybridized carbons (Fsp3) is 0.778. The van der Waals surface area contributed by atoms with E-state index in [1.807, 2.05) is 0 Å². The Hall–Kier alpha value is -0.560. The maximum atomic E-state index is 5.19. The molecule has 12 heavy (non-hydrogen) atoms. The van der Waals surface area contributed by atoms with E-state index in [2.05, 4.69) is 16.1 Å². The van der Waals surface area contributed by atoms with E-state index in [0.717, 1.165) is 39.3 Å². The van der Waals surface area contributed by atoms with Crippen LogP contribution in [0.5, 0.6) is 0 Å². The van der Waals surface area contributed by atoms with Crippen LogP contribution in [-0.2, 0) is 4.74 Å². The van der Waals surface area contributed by atoms with Gasteiger partial charge in [-0.05, 0) is 0 Å². The van der Waals surface area contributed by atoms with Gasteiger partial charge >= 0.3 is 0 Å². The SMILES string of the molecule is C#CCOCCN1CCNCC1. The van der Waals surface area contributed by atoms with E-state index in [0.29, 0.717) is 6.61 Å². The number of hydrogen-bond donors (Lipinski definition) is 1. The maximum absolute atomic E-state index is 5.19. The first-order valence-electron chi connectivity index (χ1n) is 4.38. The van der Waals surface area contributed by atoms with Crippen LogP contribution in [0, 0.1) is 12.3 Å². The molecule has 0 spiro atoms. The third kappa shape index (κ3) is 3.72. The molecular formula is C9H16N2O. The van der Waals surface area contributed by atoms with Crippen LogP contribution in [-0.4, -0.2) is 50.8 Å². The summed E-state index contributed by atoms with van der Waals surface area (Å²) >= 11 is 0. The molecule has 0 aromatic rings. The quantitative estimate of drug-likeness (QED) is 0.454. The minimum absolute atomic E-state index is 0.437. The standard InChI is InChI=1S/C9H16N2O/c1-2-8-12-9-7-11-5-3-10-4-6-11/h1,10H,3-9H2. The number of terminal acetylenes is 1. The normalized spacial score (nSPS) is 18.9. The molecule has 1 N–H and O–H groups in total. The number of rotatable bonds is 4. The fourth-order valence-electron chi connectivity index (χ4n) is 1.26. The zero-order chi connectivity index (χ0) is 8.65. The minimum atomic E-state index is 0.437. The Morgan fingerprint density at radius 3 is 2.83 bits per heavy atom. The number of ether oxygens (including phenoxy) is 1. The number of piperazine rings is 1. The molecular weight excluding hydrogens is 152 g/mol. The summed E-state index contributed by atoms with van der Waals surface area (Å²) in [6.45, 7) is 6.63. The van der Waals surface area contributed by atoms with Gasteiger partial charge in [0.1, 0.15) is 6.61 Å². The summed E-state index contributed by atoms with van der Waals surface area (Å²) in [7, 11) is 0. The highest BCUT2D eigenvalue weighted by Gasteiger charge is 2.07. The van der Waals surface area contributed by atoms with E-state index in [4.69, 9.17) is 11.2 Å². The Morgan fingerprint density at radius 1 is 1.42 bits per heavy atom. The van der Waals surface area contributed by atoms with Crippen LogP contribution in [0.2, 0.25) is 0 Å². The monoisotopic (exact) mass is 168 g/mol. The summed E-state index contributed by atoms with van der Waals surface area (Å²) in [5.74, 6) is 2.45. The average Bonchev–Trinajstić information content (AvgIpc) is 2.14. The van der Waals surface area contributed by atoms with Crippen molar-refractivity contribution < 1.29 is 4.74 Å². The van der Waals surface area contributed by atoms with Gasteiger partial charge in [0.15, 0.2) is 0 Å². The van der Waals surface area contributed by atoms with Crippen molar-refractivity contribution in [2.75, 3.05) is 45.9 Å². The summed E-state index contributed by atoms with van der Waals surface area (Å²) in [5.41, 5.74) is 0. The predicted octanol–water partition coefficient (Wildman–Crippen LogP) is -0.459. The fourth-order valence-corrected chi connectivity index (χ4v) is 1.26. The van der Waals surface area contributed by atoms with Gasteiger partial charge in [0, 0.05) is 32.7 Å². The van der Waals surface area contributed by atoms with Gasteiger partial charge in [-0.1, -0.05) is 5.92 Å². The average molecular weight is 168 g/mol. The van der Waals surface area contributed by atoms with E-state index in [-0.39, 0.29) is 0 Å². The summed E-state index contributed by atoms with van der Waals surface area (Å²) in [6.07, 6.45) is 5.05. The van der Waals surface area contributed by atoms with Gasteiger partial charge < -0.3 is 10.1 Å². The zero-order valence-electron chi connectivity index (χ0n) is 7.38. The van der Waals surface area contributed by atoms with Crippen LogP contribution >= 0.6 is 0 Å². The minimum Gasteiger partial charge on any atom is -0.367 e. The van der Waals surface area contributed by atoms with Gasteiger partial charge in [0.25, 0.3) is 0 Å². The largest absolute Gasteiger partial charge is 0.367 e. The molecule has 0 saturated carbocycles. The van der Waals surface area contributed by atoms with Gasteiger partial charge in [-0.2, -0.15) is 0 Å². The van der Waals surface area contributed by atoms with Crippen molar-refractivity contribution in [1.29, 1.82) is 0 Å². The third-order valence-electron chi connectivity index (χ3n) is 1.95. The van der Waals surface area contributed by atoms with Crippen molar-refractivity contribution in [2.45, 2.75) is 0 Å². The molecule has 0 bridgehead atoms. The van der Waals surface area contributed by atoms with Gasteiger partial charge in [0.05, 0.1) is 6.61 Å². The highest BCUT2D eigenvalue weighted by atomic mass is 16.5. The van der Waals surface area contributed by atoms with Crippen LogP contribution in [0.25, 0.3) is 0 Å². The van der Waals surface area contributed by atoms with Crippen molar-refractivity contribution in [1.82, 2.24) is 10.2 Å². The third-order valence-corrected chi connectivity index (χ3v) is 1.95. The van der Waals surface area contributed by atoms with Crippen molar-refractivity contribution >= 4 is 0 Å². The predicted molar refractivity (Wildman–Crippen MR) is 49.0 cm³/mol. The topological polar surface area (TPSA) is 24.5 Å². The van der Waals surface area contributed by atoms with Crippen molar-refractivity contribution in [2.24, 2.45) is 0 Å². The van der Waals surface area contributed by atoms with Gasteiger partial charge in [-0.25, -0.2) is 0 Å². The summed E-state index contributed by atoms with van der Waals surface area (Å²) < 4.78 is 5.19. The van der Waals surface area contributed by atoms with E-state index in [1.165, 1.54) is 0 Å². The van der Waals surface area contributed by atoms with Gasteiger partial charge in [0.2, 0.25) is 0 Å². The molecule has 3 nitrogen and oxygen atoms in total. The molecule has 1 aliphatic rings. The molecule has 0 aliphatic carbocycles. The molecule has 1 saturated heterocycles. The second-order valence-electron chi connectivity index (χ2n) is 2.85. The Morgan fingerprint density at radius 2 is 2.17 bits per heavy atom. The molecule has 1 fully saturated rings. The molecule has 0 atom stereocenters. The van der Waals surface area contributed by atoms with Gasteiger partial charge in [-0.3, -0.25) is 4.90 Å². The second kappa shape index (κ2) is 6.01. The molecule has 1 rings (SSSR count). The van der Waals surface area contributed by atoms with Crippen molar-refractivity contribution in [3.05, 3.63) is 0 Å². The molecule has 1 heterocycles. The first-order valence-corrected chi connectivity index (χ1v) is 4.38. The maximum Gasteiger partial charge on any atom is 0.107 e. The lowest BCUT2D eigenvalue weighted by atomic mass is 10.4. The summed E-state index contributed by atoms with van der Waals surface area (Å²) in [4.78, 5) is 2.38. The molecule has 0 unspecified atom stereocenters. The number of nitrogens with one attached hydrogen (secondary N) is 1. The molecule has 0 aromatic carbocycles. The van der Waals surface area contributed by atoms with Gasteiger partial charge in [-0.15, -0.1) is 6.42 Å². The van der Waals surface area contributed by atoms with Crippen molar-refractivity contribution in [3.63, 3.8) is 0 Å². The van der Waals surface area contributed by atoms with Crippen molar-refractivity contribution in [3.8, 4) is 12.3 Å². The molecule has 1 aliphatic heterocycles. The van der Waals surface area contributed by atoms with Crippen LogP contribution in [0.15, 0.2) is 0 Å². The summed E-state index contributed by atoms with van der Waals surface area (Å²) in [5, 5.41) is 3.30. The van der Waals surface area contributed by atoms with E-state index in [1.54, 1.807) is 0 Å². The zero-order valence-corrected chi connectivity index (χ0v) is 7.38. The highest BCUT2D eigenvalue weighted by Crippen LogP contribution is 1.90. The molecule has 0 radical (unpaired) electrons. The van der Waals surface area contributed by atoms with Crippen LogP contribution in [0.3, 0.4) is 0 Å². The summed E-state index contributed by atoms with van der Waals surface area (Å²) in [6, 6.07) is 0. The lowest BCUT2D eigenvalue weighted by Gasteiger charge is -2.26. The number of nitrogens with zero attached hydrogens (tertiary/aromatic N) is 1. The van der Waals surface area contributed by atoms with E-state index < -0.39 is 0 Å². The van der Waals surface area contributed by atoms with Crippen LogP contribution in [0.4, 0.5) is 0 Å². The van der Waals surface area contributed by atoms with E-state index in [9.17, 15) is 0 Å². The first-order chi connectivity index (χ1) is 5.93. The van der Waals surface area contributed by atoms with Crippen LogP contribution in [0.1, 0.15) is 0 Å². The second-order valence-corrected chi connectivity index (χ2v) is 2.85. The Labute approximate surface area is 74.1 Å². The molecule has 68 valence electrons. The lowest BCUT2D eigenvalue weighted by Crippen LogP contribution is -2.44. The highest BCUT2D eigenvalue weighted by molar-refractivity contribution is 4.82. The first kappa shape index (κ1) is 9.53. The molecule has 0 amide bonds. The number of hydrogen-bond acceptors (Lipinski definition) is 3. The lowest BCUT2D eigenvalue weighted by molar-refractivity contribution is 0.121. The Bertz CT molecular complexity index is 147. The van der Waals surface area contributed by atoms with E-state index >= 15 is 0 Å². The van der Waals surface area contributed by atoms with Crippen LogP contribution < -0.4 is 5.32 Å². The Kier molecular flexibility index (Phi) is 4.77. The molecule has 3 heteroatoms. The smallest absolute Gasteiger partial charge is 0.107 e. The Balaban J connectivity index is 1.95. The molecule has 0 aromatic heterocycles.